The van der Waals surface area contributed by atoms with Crippen LogP contribution < -0.4 is 16.2 Å². The van der Waals surface area contributed by atoms with Crippen molar-refractivity contribution in [2.24, 2.45) is 5.92 Å². The van der Waals surface area contributed by atoms with E-state index in [0.717, 1.165) is 12.8 Å². The highest BCUT2D eigenvalue weighted by Crippen LogP contribution is 2.30. The van der Waals surface area contributed by atoms with Crippen LogP contribution in [0.4, 0.5) is 5.69 Å². The lowest BCUT2D eigenvalue weighted by molar-refractivity contribution is -0.120. The van der Waals surface area contributed by atoms with E-state index >= 15 is 0 Å². The van der Waals surface area contributed by atoms with E-state index in [4.69, 9.17) is 11.6 Å². The van der Waals surface area contributed by atoms with Crippen LogP contribution >= 0.6 is 11.6 Å². The van der Waals surface area contributed by atoms with Crippen LogP contribution in [0.5, 0.6) is 0 Å². The van der Waals surface area contributed by atoms with Crippen molar-refractivity contribution in [3.05, 3.63) is 21.6 Å². The number of carbonyl (C=O) groups excluding carboxylic acids is 1. The quantitative estimate of drug-likeness (QED) is 0.812. The number of anilines is 1. The number of carbonyl (C=O) groups is 1. The summed E-state index contributed by atoms with van der Waals surface area (Å²) in [7, 11) is 1.57. The number of hydrogen-bond acceptors (Lipinski definition) is 4. The van der Waals surface area contributed by atoms with E-state index in [2.05, 4.69) is 15.7 Å². The fraction of sp³-hybridized carbons (Fsp3) is 0.583. The average Bonchev–Trinajstić information content (AvgIpc) is 3.20. The van der Waals surface area contributed by atoms with Crippen molar-refractivity contribution >= 4 is 23.2 Å². The smallest absolute Gasteiger partial charge is 0.291 e. The second-order valence-electron chi connectivity index (χ2n) is 4.65. The average molecular weight is 285 g/mol. The molecule has 1 aliphatic rings. The third kappa shape index (κ3) is 3.70. The summed E-state index contributed by atoms with van der Waals surface area (Å²) in [6.07, 6.45) is 4.05. The second kappa shape index (κ2) is 6.06. The monoisotopic (exact) mass is 284 g/mol. The Kier molecular flexibility index (Phi) is 4.42. The molecule has 1 saturated carbocycles. The molecule has 0 spiro atoms. The Labute approximate surface area is 116 Å². The number of nitrogens with one attached hydrogen (secondary N) is 2. The Morgan fingerprint density at radius 2 is 2.32 bits per heavy atom. The molecule has 0 aromatic carbocycles. The zero-order valence-electron chi connectivity index (χ0n) is 10.8. The standard InChI is InChI=1S/C12H17ClN4O2/c1-14-10(18)4-5-15-11-9(13)6-16-17(12(11)19)7-8-2-3-8/h6,8,15H,2-5,7H2,1H3,(H,14,18). The maximum atomic E-state index is 12.2. The first kappa shape index (κ1) is 13.9. The van der Waals surface area contributed by atoms with Gasteiger partial charge in [-0.25, -0.2) is 4.68 Å². The first-order chi connectivity index (χ1) is 9.11. The van der Waals surface area contributed by atoms with E-state index in [1.54, 1.807) is 7.05 Å². The van der Waals surface area contributed by atoms with E-state index in [9.17, 15) is 9.59 Å². The fourth-order valence-electron chi connectivity index (χ4n) is 1.73. The van der Waals surface area contributed by atoms with Crippen molar-refractivity contribution < 1.29 is 4.79 Å². The Hall–Kier alpha value is -1.56. The predicted molar refractivity (Wildman–Crippen MR) is 73.4 cm³/mol. The molecular formula is C12H17ClN4O2. The highest BCUT2D eigenvalue weighted by molar-refractivity contribution is 6.33. The van der Waals surface area contributed by atoms with Gasteiger partial charge in [0.1, 0.15) is 5.69 Å². The first-order valence-corrected chi connectivity index (χ1v) is 6.69. The third-order valence-corrected chi connectivity index (χ3v) is 3.34. The molecule has 1 aliphatic carbocycles. The SMILES string of the molecule is CNC(=O)CCNc1c(Cl)cnn(CC2CC2)c1=O. The highest BCUT2D eigenvalue weighted by atomic mass is 35.5. The third-order valence-electron chi connectivity index (χ3n) is 3.06. The molecule has 0 bridgehead atoms. The Bertz CT molecular complexity index is 525. The van der Waals surface area contributed by atoms with E-state index in [0.29, 0.717) is 24.7 Å². The molecule has 1 aromatic heterocycles. The molecule has 0 unspecified atom stereocenters. The van der Waals surface area contributed by atoms with Gasteiger partial charge in [0.25, 0.3) is 5.56 Å². The summed E-state index contributed by atoms with van der Waals surface area (Å²) < 4.78 is 1.44. The Morgan fingerprint density at radius 3 is 2.95 bits per heavy atom. The lowest BCUT2D eigenvalue weighted by atomic mass is 10.3. The van der Waals surface area contributed by atoms with Crippen LogP contribution in [0.25, 0.3) is 0 Å². The first-order valence-electron chi connectivity index (χ1n) is 6.32. The van der Waals surface area contributed by atoms with Crippen molar-refractivity contribution in [1.82, 2.24) is 15.1 Å². The number of rotatable bonds is 6. The second-order valence-corrected chi connectivity index (χ2v) is 5.06. The largest absolute Gasteiger partial charge is 0.379 e. The number of hydrogen-bond donors (Lipinski definition) is 2. The minimum Gasteiger partial charge on any atom is -0.379 e. The topological polar surface area (TPSA) is 76.0 Å². The molecule has 19 heavy (non-hydrogen) atoms. The van der Waals surface area contributed by atoms with Crippen molar-refractivity contribution in [2.75, 3.05) is 18.9 Å². The molecule has 0 atom stereocenters. The van der Waals surface area contributed by atoms with E-state index < -0.39 is 0 Å². The molecule has 1 amide bonds. The molecule has 0 saturated heterocycles. The molecule has 0 radical (unpaired) electrons. The van der Waals surface area contributed by atoms with Crippen LogP contribution in [-0.2, 0) is 11.3 Å². The summed E-state index contributed by atoms with van der Waals surface area (Å²) in [5, 5.41) is 9.75. The molecular weight excluding hydrogens is 268 g/mol. The molecule has 6 nitrogen and oxygen atoms in total. The molecule has 2 N–H and O–H groups in total. The summed E-state index contributed by atoms with van der Waals surface area (Å²) in [6.45, 7) is 1.00. The lowest BCUT2D eigenvalue weighted by Crippen LogP contribution is -2.28. The van der Waals surface area contributed by atoms with Gasteiger partial charge < -0.3 is 10.6 Å². The van der Waals surface area contributed by atoms with Gasteiger partial charge in [0.2, 0.25) is 5.91 Å². The summed E-state index contributed by atoms with van der Waals surface area (Å²) >= 11 is 5.96. The Morgan fingerprint density at radius 1 is 1.58 bits per heavy atom. The summed E-state index contributed by atoms with van der Waals surface area (Å²) in [5.41, 5.74) is 0.0949. The molecule has 2 rings (SSSR count). The van der Waals surface area contributed by atoms with Gasteiger partial charge in [-0.1, -0.05) is 11.6 Å². The van der Waals surface area contributed by atoms with Gasteiger partial charge in [-0.3, -0.25) is 9.59 Å². The van der Waals surface area contributed by atoms with E-state index in [1.165, 1.54) is 10.9 Å². The van der Waals surface area contributed by atoms with Crippen molar-refractivity contribution in [1.29, 1.82) is 0 Å². The molecule has 1 aromatic rings. The van der Waals surface area contributed by atoms with Crippen LogP contribution in [0.1, 0.15) is 19.3 Å². The number of aromatic nitrogens is 2. The number of amides is 1. The summed E-state index contributed by atoms with van der Waals surface area (Å²) in [6, 6.07) is 0. The van der Waals surface area contributed by atoms with E-state index in [1.807, 2.05) is 0 Å². The van der Waals surface area contributed by atoms with Crippen molar-refractivity contribution in [3.63, 3.8) is 0 Å². The zero-order valence-corrected chi connectivity index (χ0v) is 11.5. The van der Waals surface area contributed by atoms with Crippen molar-refractivity contribution in [2.45, 2.75) is 25.8 Å². The van der Waals surface area contributed by atoms with Crippen LogP contribution in [0.2, 0.25) is 5.02 Å². The number of nitrogens with zero attached hydrogens (tertiary/aromatic N) is 2. The molecule has 0 aliphatic heterocycles. The van der Waals surface area contributed by atoms with Gasteiger partial charge in [-0.05, 0) is 18.8 Å². The molecule has 1 fully saturated rings. The maximum Gasteiger partial charge on any atom is 0.291 e. The normalized spacial score (nSPS) is 14.2. The van der Waals surface area contributed by atoms with Crippen LogP contribution in [0, 0.1) is 5.92 Å². The zero-order chi connectivity index (χ0) is 13.8. The minimum atomic E-state index is -0.226. The summed E-state index contributed by atoms with van der Waals surface area (Å²) in [5.74, 6) is 0.473. The Balaban J connectivity index is 2.05. The lowest BCUT2D eigenvalue weighted by Gasteiger charge is -2.10. The van der Waals surface area contributed by atoms with Gasteiger partial charge in [-0.2, -0.15) is 5.10 Å². The van der Waals surface area contributed by atoms with Gasteiger partial charge >= 0.3 is 0 Å². The highest BCUT2D eigenvalue weighted by Gasteiger charge is 2.23. The van der Waals surface area contributed by atoms with Gasteiger partial charge in [0, 0.05) is 26.6 Å². The minimum absolute atomic E-state index is 0.0871. The predicted octanol–water partition coefficient (Wildman–Crippen LogP) is 0.855. The van der Waals surface area contributed by atoms with Gasteiger partial charge in [-0.15, -0.1) is 0 Å². The number of halogens is 1. The molecule has 7 heteroatoms. The van der Waals surface area contributed by atoms with Crippen molar-refractivity contribution in [3.8, 4) is 0 Å². The van der Waals surface area contributed by atoms with Crippen LogP contribution in [-0.4, -0.2) is 29.3 Å². The molecule has 1 heterocycles. The van der Waals surface area contributed by atoms with Gasteiger partial charge in [0.05, 0.1) is 11.2 Å². The fourth-order valence-corrected chi connectivity index (χ4v) is 1.92. The van der Waals surface area contributed by atoms with Gasteiger partial charge in [0.15, 0.2) is 0 Å². The van der Waals surface area contributed by atoms with Crippen LogP contribution in [0.3, 0.4) is 0 Å². The van der Waals surface area contributed by atoms with Crippen LogP contribution in [0.15, 0.2) is 11.0 Å². The molecule has 104 valence electrons. The van der Waals surface area contributed by atoms with E-state index in [-0.39, 0.29) is 22.9 Å². The summed E-state index contributed by atoms with van der Waals surface area (Å²) in [4.78, 5) is 23.3. The maximum absolute atomic E-state index is 12.2.